The summed E-state index contributed by atoms with van der Waals surface area (Å²) >= 11 is 6.11. The molecule has 0 aromatic heterocycles. The van der Waals surface area contributed by atoms with Gasteiger partial charge in [0.2, 0.25) is 0 Å². The van der Waals surface area contributed by atoms with Crippen LogP contribution in [0.25, 0.3) is 11.1 Å². The molecule has 0 amide bonds. The monoisotopic (exact) mass is 376 g/mol. The highest BCUT2D eigenvalue weighted by atomic mass is 35.5. The lowest BCUT2D eigenvalue weighted by Gasteiger charge is -2.11. The van der Waals surface area contributed by atoms with Crippen molar-refractivity contribution < 1.29 is 9.53 Å². The van der Waals surface area contributed by atoms with Gasteiger partial charge < -0.3 is 4.74 Å². The van der Waals surface area contributed by atoms with E-state index < -0.39 is 0 Å². The number of hydrogen-bond donors (Lipinski definition) is 0. The van der Waals surface area contributed by atoms with Gasteiger partial charge in [-0.3, -0.25) is 4.79 Å². The molecule has 3 heteroatoms. The SMILES string of the molecule is O=C(Cc1cc(-c2ccccc2)ccc1[C@H]1CO1)C1=C/CC/C=C(Cl)/C=C\1. The molecule has 1 saturated heterocycles. The van der Waals surface area contributed by atoms with E-state index in [0.717, 1.165) is 47.3 Å². The molecule has 1 fully saturated rings. The van der Waals surface area contributed by atoms with Crippen molar-refractivity contribution in [2.75, 3.05) is 6.61 Å². The smallest absolute Gasteiger partial charge is 0.166 e. The maximum Gasteiger partial charge on any atom is 0.166 e. The molecule has 27 heavy (non-hydrogen) atoms. The molecule has 1 atom stereocenters. The van der Waals surface area contributed by atoms with E-state index in [0.29, 0.717) is 11.5 Å². The van der Waals surface area contributed by atoms with Crippen LogP contribution in [0.15, 0.2) is 83.4 Å². The van der Waals surface area contributed by atoms with Gasteiger partial charge in [-0.2, -0.15) is 0 Å². The quantitative estimate of drug-likeness (QED) is 0.605. The number of hydrogen-bond acceptors (Lipinski definition) is 2. The van der Waals surface area contributed by atoms with E-state index in [9.17, 15) is 4.79 Å². The second-order valence-electron chi connectivity index (χ2n) is 6.86. The molecule has 1 aliphatic carbocycles. The molecule has 4 rings (SSSR count). The second kappa shape index (κ2) is 8.08. The summed E-state index contributed by atoms with van der Waals surface area (Å²) in [6.45, 7) is 0.731. The van der Waals surface area contributed by atoms with E-state index in [4.69, 9.17) is 16.3 Å². The fourth-order valence-corrected chi connectivity index (χ4v) is 3.53. The predicted molar refractivity (Wildman–Crippen MR) is 110 cm³/mol. The Morgan fingerprint density at radius 3 is 2.56 bits per heavy atom. The Morgan fingerprint density at radius 2 is 1.78 bits per heavy atom. The third kappa shape index (κ3) is 4.47. The van der Waals surface area contributed by atoms with Crippen molar-refractivity contribution in [1.82, 2.24) is 0 Å². The Morgan fingerprint density at radius 1 is 1.00 bits per heavy atom. The Bertz CT molecular complexity index is 934. The molecule has 0 saturated carbocycles. The zero-order valence-electron chi connectivity index (χ0n) is 15.0. The lowest BCUT2D eigenvalue weighted by Crippen LogP contribution is -2.08. The average molecular weight is 377 g/mol. The normalized spacial score (nSPS) is 24.0. The molecule has 136 valence electrons. The minimum absolute atomic E-state index is 0.115. The number of rotatable bonds is 5. The van der Waals surface area contributed by atoms with E-state index in [1.807, 2.05) is 36.4 Å². The number of allylic oxidation sites excluding steroid dienone is 6. The fourth-order valence-electron chi connectivity index (χ4n) is 3.36. The molecule has 0 unspecified atom stereocenters. The molecule has 0 radical (unpaired) electrons. The van der Waals surface area contributed by atoms with E-state index in [-0.39, 0.29) is 11.9 Å². The summed E-state index contributed by atoms with van der Waals surface area (Å²) in [5.74, 6) is 0.115. The Hall–Kier alpha value is -2.42. The largest absolute Gasteiger partial charge is 0.368 e. The Kier molecular flexibility index (Phi) is 5.38. The molecule has 2 aliphatic rings. The minimum Gasteiger partial charge on any atom is -0.368 e. The van der Waals surface area contributed by atoms with Crippen molar-refractivity contribution in [2.24, 2.45) is 0 Å². The van der Waals surface area contributed by atoms with Gasteiger partial charge in [0.15, 0.2) is 5.78 Å². The number of ether oxygens (including phenoxy) is 1. The summed E-state index contributed by atoms with van der Waals surface area (Å²) in [4.78, 5) is 13.0. The van der Waals surface area contributed by atoms with Crippen LogP contribution in [0.1, 0.15) is 30.1 Å². The van der Waals surface area contributed by atoms with Crippen molar-refractivity contribution >= 4 is 17.4 Å². The maximum atomic E-state index is 13.0. The van der Waals surface area contributed by atoms with Crippen LogP contribution in [-0.2, 0) is 16.0 Å². The first-order valence-electron chi connectivity index (χ1n) is 9.27. The topological polar surface area (TPSA) is 29.6 Å². The zero-order valence-corrected chi connectivity index (χ0v) is 15.8. The van der Waals surface area contributed by atoms with Gasteiger partial charge in [0.25, 0.3) is 0 Å². The van der Waals surface area contributed by atoms with Crippen LogP contribution in [0.5, 0.6) is 0 Å². The molecule has 1 heterocycles. The molecule has 2 aromatic rings. The van der Waals surface area contributed by atoms with Gasteiger partial charge in [0.1, 0.15) is 6.10 Å². The highest BCUT2D eigenvalue weighted by molar-refractivity contribution is 6.31. The molecular weight excluding hydrogens is 356 g/mol. The lowest BCUT2D eigenvalue weighted by atomic mass is 9.92. The van der Waals surface area contributed by atoms with Gasteiger partial charge in [0, 0.05) is 17.0 Å². The fraction of sp³-hybridized carbons (Fsp3) is 0.208. The number of epoxide rings is 1. The predicted octanol–water partition coefficient (Wildman–Crippen LogP) is 5.94. The van der Waals surface area contributed by atoms with Crippen molar-refractivity contribution in [1.29, 1.82) is 0 Å². The first-order valence-corrected chi connectivity index (χ1v) is 9.65. The van der Waals surface area contributed by atoms with Gasteiger partial charge in [-0.1, -0.05) is 78.4 Å². The lowest BCUT2D eigenvalue weighted by molar-refractivity contribution is -0.114. The van der Waals surface area contributed by atoms with E-state index >= 15 is 0 Å². The van der Waals surface area contributed by atoms with Crippen molar-refractivity contribution in [2.45, 2.75) is 25.4 Å². The summed E-state index contributed by atoms with van der Waals surface area (Å²) < 4.78 is 5.49. The number of ketones is 1. The van der Waals surface area contributed by atoms with E-state index in [2.05, 4.69) is 30.3 Å². The van der Waals surface area contributed by atoms with Gasteiger partial charge in [-0.25, -0.2) is 0 Å². The van der Waals surface area contributed by atoms with Crippen molar-refractivity contribution in [3.8, 4) is 11.1 Å². The first kappa shape index (κ1) is 18.0. The van der Waals surface area contributed by atoms with Crippen molar-refractivity contribution in [3.63, 3.8) is 0 Å². The zero-order chi connectivity index (χ0) is 18.6. The molecule has 2 nitrogen and oxygen atoms in total. The third-order valence-electron chi connectivity index (χ3n) is 4.90. The molecule has 0 bridgehead atoms. The van der Waals surface area contributed by atoms with Crippen LogP contribution >= 0.6 is 11.6 Å². The molecule has 2 aromatic carbocycles. The number of Topliss-reactive ketones (excluding diaryl/α,β-unsaturated/α-hetero) is 1. The summed E-state index contributed by atoms with van der Waals surface area (Å²) in [6.07, 6.45) is 9.78. The Labute approximate surface area is 164 Å². The van der Waals surface area contributed by atoms with Gasteiger partial charge in [-0.15, -0.1) is 0 Å². The van der Waals surface area contributed by atoms with Crippen LogP contribution in [0, 0.1) is 0 Å². The average Bonchev–Trinajstić information content (AvgIpc) is 3.51. The number of halogens is 1. The standard InChI is InChI=1S/C24H21ClO2/c25-21-9-5-4-8-18(10-12-21)23(26)15-20-14-19(17-6-2-1-3-7-17)11-13-22(20)24-16-27-24/h1-3,6-14,24H,4-5,15-16H2/b12-10-,18-8+,21-9-/t24-/m1/s1. The summed E-state index contributed by atoms with van der Waals surface area (Å²) in [6, 6.07) is 16.6. The van der Waals surface area contributed by atoms with E-state index in [1.165, 1.54) is 0 Å². The maximum absolute atomic E-state index is 13.0. The highest BCUT2D eigenvalue weighted by Crippen LogP contribution is 2.35. The summed E-state index contributed by atoms with van der Waals surface area (Å²) in [7, 11) is 0. The Balaban J connectivity index is 1.63. The van der Waals surface area contributed by atoms with Crippen LogP contribution in [0.2, 0.25) is 0 Å². The summed E-state index contributed by atoms with van der Waals surface area (Å²) in [5.41, 5.74) is 5.17. The number of carbonyl (C=O) groups is 1. The highest BCUT2D eigenvalue weighted by Gasteiger charge is 2.28. The van der Waals surface area contributed by atoms with Crippen LogP contribution in [0.4, 0.5) is 0 Å². The van der Waals surface area contributed by atoms with Gasteiger partial charge in [0.05, 0.1) is 6.61 Å². The van der Waals surface area contributed by atoms with Crippen molar-refractivity contribution in [3.05, 3.63) is 94.6 Å². The second-order valence-corrected chi connectivity index (χ2v) is 7.30. The molecule has 1 aliphatic heterocycles. The van der Waals surface area contributed by atoms with Crippen LogP contribution in [0.3, 0.4) is 0 Å². The number of carbonyl (C=O) groups excluding carboxylic acids is 1. The molecular formula is C24H21ClO2. The van der Waals surface area contributed by atoms with Gasteiger partial charge in [-0.05, 0) is 41.2 Å². The summed E-state index contributed by atoms with van der Waals surface area (Å²) in [5, 5.41) is 0.687. The minimum atomic E-state index is 0.115. The van der Waals surface area contributed by atoms with Gasteiger partial charge >= 0.3 is 0 Å². The number of benzene rings is 2. The van der Waals surface area contributed by atoms with E-state index in [1.54, 1.807) is 6.08 Å². The first-order chi connectivity index (χ1) is 13.2. The molecule has 0 spiro atoms. The molecule has 0 N–H and O–H groups in total. The van der Waals surface area contributed by atoms with Crippen LogP contribution in [-0.4, -0.2) is 12.4 Å². The third-order valence-corrected chi connectivity index (χ3v) is 5.18. The van der Waals surface area contributed by atoms with Crippen LogP contribution < -0.4 is 0 Å².